The van der Waals surface area contributed by atoms with Crippen LogP contribution in [0.15, 0.2) is 18.3 Å². The molecule has 90 valence electrons. The van der Waals surface area contributed by atoms with Crippen molar-refractivity contribution in [3.8, 4) is 0 Å². The fourth-order valence-electron chi connectivity index (χ4n) is 1.92. The standard InChI is InChI=1S/C13H17N3O/c1-9(2)8-16-12(7-10(3)17)15-11-5-4-6-14-13(11)16/h4-6,9H,7-8H2,1-3H3. The van der Waals surface area contributed by atoms with Gasteiger partial charge in [-0.1, -0.05) is 13.8 Å². The van der Waals surface area contributed by atoms with E-state index in [1.165, 1.54) is 0 Å². The van der Waals surface area contributed by atoms with Crippen molar-refractivity contribution in [1.29, 1.82) is 0 Å². The Morgan fingerprint density at radius 3 is 2.88 bits per heavy atom. The number of imidazole rings is 1. The molecule has 2 rings (SSSR count). The first kappa shape index (κ1) is 11.8. The molecule has 0 aliphatic carbocycles. The van der Waals surface area contributed by atoms with Crippen LogP contribution in [0.1, 0.15) is 26.6 Å². The Labute approximate surface area is 101 Å². The summed E-state index contributed by atoms with van der Waals surface area (Å²) in [4.78, 5) is 20.1. The molecule has 2 heterocycles. The van der Waals surface area contributed by atoms with Crippen molar-refractivity contribution in [1.82, 2.24) is 14.5 Å². The second-order valence-electron chi connectivity index (χ2n) is 4.76. The van der Waals surface area contributed by atoms with Crippen LogP contribution in [0.5, 0.6) is 0 Å². The molecule has 4 nitrogen and oxygen atoms in total. The van der Waals surface area contributed by atoms with E-state index in [0.717, 1.165) is 23.5 Å². The van der Waals surface area contributed by atoms with Gasteiger partial charge in [0.05, 0.1) is 6.42 Å². The molecule has 0 unspecified atom stereocenters. The molecular formula is C13H17N3O. The summed E-state index contributed by atoms with van der Waals surface area (Å²) in [6.45, 7) is 6.72. The second kappa shape index (κ2) is 4.65. The highest BCUT2D eigenvalue weighted by Crippen LogP contribution is 2.16. The van der Waals surface area contributed by atoms with E-state index >= 15 is 0 Å². The number of carbonyl (C=O) groups is 1. The molecule has 0 atom stereocenters. The van der Waals surface area contributed by atoms with Gasteiger partial charge >= 0.3 is 0 Å². The van der Waals surface area contributed by atoms with Gasteiger partial charge in [0.2, 0.25) is 0 Å². The van der Waals surface area contributed by atoms with Gasteiger partial charge in [-0.15, -0.1) is 0 Å². The fraction of sp³-hybridized carbons (Fsp3) is 0.462. The fourth-order valence-corrected chi connectivity index (χ4v) is 1.92. The predicted molar refractivity (Wildman–Crippen MR) is 66.8 cm³/mol. The third-order valence-corrected chi connectivity index (χ3v) is 2.54. The van der Waals surface area contributed by atoms with Gasteiger partial charge in [-0.25, -0.2) is 9.97 Å². The van der Waals surface area contributed by atoms with Crippen LogP contribution in [0.4, 0.5) is 0 Å². The van der Waals surface area contributed by atoms with E-state index in [1.54, 1.807) is 13.1 Å². The molecule has 0 spiro atoms. The Bertz CT molecular complexity index is 543. The number of rotatable bonds is 4. The quantitative estimate of drug-likeness (QED) is 0.810. The van der Waals surface area contributed by atoms with Crippen molar-refractivity contribution >= 4 is 16.9 Å². The SMILES string of the molecule is CC(=O)Cc1nc2cccnc2n1CC(C)C. The lowest BCUT2D eigenvalue weighted by molar-refractivity contribution is -0.116. The molecule has 2 aromatic heterocycles. The minimum atomic E-state index is 0.130. The van der Waals surface area contributed by atoms with Crippen LogP contribution in [0.3, 0.4) is 0 Å². The molecule has 0 N–H and O–H groups in total. The van der Waals surface area contributed by atoms with Crippen molar-refractivity contribution in [2.75, 3.05) is 0 Å². The number of pyridine rings is 1. The van der Waals surface area contributed by atoms with Crippen LogP contribution in [0, 0.1) is 5.92 Å². The molecule has 0 bridgehead atoms. The molecule has 0 aliphatic rings. The first-order valence-corrected chi connectivity index (χ1v) is 5.87. The summed E-state index contributed by atoms with van der Waals surface area (Å²) >= 11 is 0. The van der Waals surface area contributed by atoms with Crippen LogP contribution in [0.2, 0.25) is 0 Å². The lowest BCUT2D eigenvalue weighted by atomic mass is 10.2. The number of fused-ring (bicyclic) bond motifs is 1. The third-order valence-electron chi connectivity index (χ3n) is 2.54. The van der Waals surface area contributed by atoms with Gasteiger partial charge in [0.1, 0.15) is 17.1 Å². The molecule has 0 aliphatic heterocycles. The molecule has 0 saturated heterocycles. The summed E-state index contributed by atoms with van der Waals surface area (Å²) in [6, 6.07) is 3.80. The zero-order valence-corrected chi connectivity index (χ0v) is 10.5. The van der Waals surface area contributed by atoms with Crippen LogP contribution in [-0.2, 0) is 17.8 Å². The molecule has 17 heavy (non-hydrogen) atoms. The van der Waals surface area contributed by atoms with E-state index in [0.29, 0.717) is 12.3 Å². The number of hydrogen-bond donors (Lipinski definition) is 0. The minimum Gasteiger partial charge on any atom is -0.312 e. The zero-order chi connectivity index (χ0) is 12.4. The van der Waals surface area contributed by atoms with E-state index in [4.69, 9.17) is 0 Å². The Morgan fingerprint density at radius 2 is 2.24 bits per heavy atom. The first-order chi connectivity index (χ1) is 8.08. The van der Waals surface area contributed by atoms with Gasteiger partial charge in [-0.3, -0.25) is 4.79 Å². The van der Waals surface area contributed by atoms with Gasteiger partial charge in [0.25, 0.3) is 0 Å². The summed E-state index contributed by atoms with van der Waals surface area (Å²) in [5, 5.41) is 0. The lowest BCUT2D eigenvalue weighted by Gasteiger charge is -2.10. The van der Waals surface area contributed by atoms with E-state index in [-0.39, 0.29) is 5.78 Å². The molecule has 4 heteroatoms. The zero-order valence-electron chi connectivity index (χ0n) is 10.5. The van der Waals surface area contributed by atoms with Crippen LogP contribution in [-0.4, -0.2) is 20.3 Å². The maximum atomic E-state index is 11.3. The third kappa shape index (κ3) is 2.52. The van der Waals surface area contributed by atoms with E-state index < -0.39 is 0 Å². The Balaban J connectivity index is 2.52. The van der Waals surface area contributed by atoms with E-state index in [2.05, 4.69) is 28.4 Å². The molecular weight excluding hydrogens is 214 g/mol. The normalized spacial score (nSPS) is 11.3. The number of Topliss-reactive ketones (excluding diaryl/α,β-unsaturated/α-hetero) is 1. The van der Waals surface area contributed by atoms with Crippen molar-refractivity contribution in [3.05, 3.63) is 24.2 Å². The summed E-state index contributed by atoms with van der Waals surface area (Å²) < 4.78 is 2.06. The number of nitrogens with zero attached hydrogens (tertiary/aromatic N) is 3. The smallest absolute Gasteiger partial charge is 0.160 e. The highest BCUT2D eigenvalue weighted by Gasteiger charge is 2.13. The topological polar surface area (TPSA) is 47.8 Å². The van der Waals surface area contributed by atoms with Gasteiger partial charge in [-0.2, -0.15) is 0 Å². The molecule has 0 saturated carbocycles. The first-order valence-electron chi connectivity index (χ1n) is 5.87. The van der Waals surface area contributed by atoms with Gasteiger partial charge in [-0.05, 0) is 25.0 Å². The number of ketones is 1. The van der Waals surface area contributed by atoms with Crippen molar-refractivity contribution in [2.24, 2.45) is 5.92 Å². The highest BCUT2D eigenvalue weighted by molar-refractivity contribution is 5.79. The average molecular weight is 231 g/mol. The Morgan fingerprint density at radius 1 is 1.47 bits per heavy atom. The van der Waals surface area contributed by atoms with E-state index in [9.17, 15) is 4.79 Å². The van der Waals surface area contributed by atoms with Gasteiger partial charge in [0, 0.05) is 12.7 Å². The van der Waals surface area contributed by atoms with Crippen molar-refractivity contribution in [2.45, 2.75) is 33.7 Å². The summed E-state index contributed by atoms with van der Waals surface area (Å²) in [5.41, 5.74) is 1.74. The molecule has 0 aromatic carbocycles. The summed E-state index contributed by atoms with van der Waals surface area (Å²) in [7, 11) is 0. The van der Waals surface area contributed by atoms with E-state index in [1.807, 2.05) is 12.1 Å². The van der Waals surface area contributed by atoms with Crippen LogP contribution in [0.25, 0.3) is 11.2 Å². The maximum absolute atomic E-state index is 11.3. The lowest BCUT2D eigenvalue weighted by Crippen LogP contribution is -2.11. The number of carbonyl (C=O) groups excluding carboxylic acids is 1. The molecule has 0 amide bonds. The van der Waals surface area contributed by atoms with Crippen molar-refractivity contribution in [3.63, 3.8) is 0 Å². The molecule has 2 aromatic rings. The van der Waals surface area contributed by atoms with Crippen LogP contribution < -0.4 is 0 Å². The second-order valence-corrected chi connectivity index (χ2v) is 4.76. The number of aromatic nitrogens is 3. The molecule has 0 radical (unpaired) electrons. The summed E-state index contributed by atoms with van der Waals surface area (Å²) in [5.74, 6) is 1.45. The van der Waals surface area contributed by atoms with Gasteiger partial charge in [0.15, 0.2) is 5.65 Å². The Kier molecular flexibility index (Phi) is 3.22. The summed E-state index contributed by atoms with van der Waals surface area (Å²) in [6.07, 6.45) is 2.14. The number of hydrogen-bond acceptors (Lipinski definition) is 3. The largest absolute Gasteiger partial charge is 0.312 e. The molecule has 0 fully saturated rings. The Hall–Kier alpha value is -1.71. The maximum Gasteiger partial charge on any atom is 0.160 e. The van der Waals surface area contributed by atoms with Crippen LogP contribution >= 0.6 is 0 Å². The highest BCUT2D eigenvalue weighted by atomic mass is 16.1. The average Bonchev–Trinajstić information content (AvgIpc) is 2.55. The predicted octanol–water partition coefficient (Wildman–Crippen LogP) is 2.22. The van der Waals surface area contributed by atoms with Gasteiger partial charge < -0.3 is 4.57 Å². The van der Waals surface area contributed by atoms with Crippen molar-refractivity contribution < 1.29 is 4.79 Å². The monoisotopic (exact) mass is 231 g/mol. The minimum absolute atomic E-state index is 0.130.